The van der Waals surface area contributed by atoms with Crippen molar-refractivity contribution in [3.05, 3.63) is 53.3 Å². The van der Waals surface area contributed by atoms with Gasteiger partial charge in [0, 0.05) is 38.6 Å². The van der Waals surface area contributed by atoms with E-state index in [2.05, 4.69) is 21.9 Å². The number of benzene rings is 2. The molecule has 2 aromatic carbocycles. The summed E-state index contributed by atoms with van der Waals surface area (Å²) in [7, 11) is 1.87. The molecular weight excluding hydrogens is 407 g/mol. The Morgan fingerprint density at radius 3 is 2.94 bits per heavy atom. The lowest BCUT2D eigenvalue weighted by molar-refractivity contribution is -0.119. The summed E-state index contributed by atoms with van der Waals surface area (Å²) in [4.78, 5) is 19.4. The fraction of sp³-hybridized carbons (Fsp3) is 0.440. The maximum atomic E-state index is 13.3. The molecule has 0 N–H and O–H groups in total. The Morgan fingerprint density at radius 1 is 1.28 bits per heavy atom. The highest BCUT2D eigenvalue weighted by Gasteiger charge is 2.49. The SMILES string of the molecule is CC1C(=O)N(C)c2cccc3c2N1[C@H]1CCN(CCCOc2ccc(F)cc2C#N)C[C@@H]31. The molecule has 0 aromatic heterocycles. The smallest absolute Gasteiger partial charge is 0.249 e. The van der Waals surface area contributed by atoms with Gasteiger partial charge >= 0.3 is 0 Å². The topological polar surface area (TPSA) is 59.8 Å². The predicted octanol–water partition coefficient (Wildman–Crippen LogP) is 3.51. The number of amides is 1. The number of hydrogen-bond donors (Lipinski definition) is 0. The number of anilines is 2. The molecule has 0 bridgehead atoms. The van der Waals surface area contributed by atoms with Crippen LogP contribution in [0.5, 0.6) is 5.75 Å². The standard InChI is InChI=1S/C25H27FN4O2/c1-16-25(31)28(2)22-6-3-5-19-20-15-29(11-9-21(20)30(16)24(19)22)10-4-12-32-23-8-7-18(26)13-17(23)14-27/h3,5-8,13,16,20-21H,4,9-12,15H2,1-2H3/t16?,20-,21-/m0/s1. The second kappa shape index (κ2) is 8.10. The molecule has 166 valence electrons. The Labute approximate surface area is 187 Å². The predicted molar refractivity (Wildman–Crippen MR) is 121 cm³/mol. The number of nitrogens with zero attached hydrogens (tertiary/aromatic N) is 4. The summed E-state index contributed by atoms with van der Waals surface area (Å²) in [5, 5.41) is 9.15. The van der Waals surface area contributed by atoms with Crippen LogP contribution in [0.25, 0.3) is 0 Å². The Kier molecular flexibility index (Phi) is 5.26. The molecule has 2 aromatic rings. The second-order valence-electron chi connectivity index (χ2n) is 8.91. The van der Waals surface area contributed by atoms with Gasteiger partial charge in [-0.3, -0.25) is 4.79 Å². The third-order valence-corrected chi connectivity index (χ3v) is 7.13. The fourth-order valence-corrected chi connectivity index (χ4v) is 5.60. The van der Waals surface area contributed by atoms with Crippen LogP contribution in [0.15, 0.2) is 36.4 Å². The van der Waals surface area contributed by atoms with E-state index < -0.39 is 5.82 Å². The zero-order chi connectivity index (χ0) is 22.4. The van der Waals surface area contributed by atoms with Crippen molar-refractivity contribution in [3.8, 4) is 11.8 Å². The highest BCUT2D eigenvalue weighted by Crippen LogP contribution is 2.52. The van der Waals surface area contributed by atoms with Gasteiger partial charge in [0.1, 0.15) is 23.7 Å². The van der Waals surface area contributed by atoms with E-state index in [-0.39, 0.29) is 17.5 Å². The third kappa shape index (κ3) is 3.30. The summed E-state index contributed by atoms with van der Waals surface area (Å²) in [5.41, 5.74) is 3.84. The summed E-state index contributed by atoms with van der Waals surface area (Å²) < 4.78 is 19.0. The molecule has 1 fully saturated rings. The number of fused-ring (bicyclic) bond motifs is 3. The first-order valence-corrected chi connectivity index (χ1v) is 11.2. The molecule has 6 nitrogen and oxygen atoms in total. The first kappa shape index (κ1) is 20.8. The highest BCUT2D eigenvalue weighted by molar-refractivity contribution is 6.06. The quantitative estimate of drug-likeness (QED) is 0.674. The van der Waals surface area contributed by atoms with Crippen molar-refractivity contribution in [2.75, 3.05) is 43.1 Å². The van der Waals surface area contributed by atoms with E-state index in [0.717, 1.165) is 38.2 Å². The van der Waals surface area contributed by atoms with E-state index in [1.165, 1.54) is 29.4 Å². The molecule has 3 atom stereocenters. The number of rotatable bonds is 5. The Hall–Kier alpha value is -3.11. The minimum atomic E-state index is -0.433. The van der Waals surface area contributed by atoms with Crippen LogP contribution >= 0.6 is 0 Å². The molecular formula is C25H27FN4O2. The number of hydrogen-bond acceptors (Lipinski definition) is 5. The lowest BCUT2D eigenvalue weighted by Gasteiger charge is -2.44. The molecule has 3 aliphatic rings. The van der Waals surface area contributed by atoms with E-state index in [1.54, 1.807) is 4.90 Å². The van der Waals surface area contributed by atoms with Crippen LogP contribution in [-0.4, -0.2) is 56.2 Å². The zero-order valence-electron chi connectivity index (χ0n) is 18.4. The molecule has 1 amide bonds. The second-order valence-corrected chi connectivity index (χ2v) is 8.91. The van der Waals surface area contributed by atoms with Crippen LogP contribution in [0.1, 0.15) is 36.8 Å². The molecule has 0 radical (unpaired) electrons. The average Bonchev–Trinajstić information content (AvgIpc) is 3.14. The van der Waals surface area contributed by atoms with E-state index in [1.807, 2.05) is 26.1 Å². The minimum absolute atomic E-state index is 0.131. The number of likely N-dealkylation sites (tertiary alicyclic amines) is 1. The van der Waals surface area contributed by atoms with Crippen molar-refractivity contribution >= 4 is 17.3 Å². The summed E-state index contributed by atoms with van der Waals surface area (Å²) in [6, 6.07) is 12.6. The molecule has 3 heterocycles. The van der Waals surface area contributed by atoms with Crippen LogP contribution < -0.4 is 14.5 Å². The van der Waals surface area contributed by atoms with Gasteiger partial charge in [-0.1, -0.05) is 12.1 Å². The van der Waals surface area contributed by atoms with Crippen molar-refractivity contribution in [1.82, 2.24) is 4.90 Å². The number of para-hydroxylation sites is 1. The van der Waals surface area contributed by atoms with Crippen LogP contribution in [0.3, 0.4) is 0 Å². The van der Waals surface area contributed by atoms with Gasteiger partial charge in [-0.15, -0.1) is 0 Å². The summed E-state index contributed by atoms with van der Waals surface area (Å²) in [6.07, 6.45) is 1.85. The van der Waals surface area contributed by atoms with Crippen LogP contribution in [-0.2, 0) is 4.79 Å². The van der Waals surface area contributed by atoms with E-state index >= 15 is 0 Å². The largest absolute Gasteiger partial charge is 0.492 e. The molecule has 3 aliphatic heterocycles. The van der Waals surface area contributed by atoms with E-state index in [0.29, 0.717) is 24.3 Å². The molecule has 0 saturated carbocycles. The van der Waals surface area contributed by atoms with Crippen molar-refractivity contribution in [1.29, 1.82) is 5.26 Å². The summed E-state index contributed by atoms with van der Waals surface area (Å²) in [5.74, 6) is 0.551. The van der Waals surface area contributed by atoms with Crippen molar-refractivity contribution in [2.24, 2.45) is 0 Å². The number of ether oxygens (including phenoxy) is 1. The van der Waals surface area contributed by atoms with Crippen molar-refractivity contribution in [2.45, 2.75) is 37.8 Å². The maximum Gasteiger partial charge on any atom is 0.249 e. The highest BCUT2D eigenvalue weighted by atomic mass is 19.1. The molecule has 1 saturated heterocycles. The Morgan fingerprint density at radius 2 is 2.12 bits per heavy atom. The van der Waals surface area contributed by atoms with Gasteiger partial charge in [0.2, 0.25) is 5.91 Å². The van der Waals surface area contributed by atoms with Crippen molar-refractivity contribution < 1.29 is 13.9 Å². The summed E-state index contributed by atoms with van der Waals surface area (Å²) in [6.45, 7) is 5.35. The van der Waals surface area contributed by atoms with Crippen LogP contribution in [0, 0.1) is 17.1 Å². The number of carbonyl (C=O) groups excluding carboxylic acids is 1. The number of likely N-dealkylation sites (N-methyl/N-ethyl adjacent to an activating group) is 1. The Balaban J connectivity index is 1.24. The molecule has 7 heteroatoms. The van der Waals surface area contributed by atoms with Gasteiger partial charge in [0.05, 0.1) is 23.5 Å². The molecule has 1 unspecified atom stereocenters. The first-order chi connectivity index (χ1) is 15.5. The van der Waals surface area contributed by atoms with Crippen molar-refractivity contribution in [3.63, 3.8) is 0 Å². The van der Waals surface area contributed by atoms with Gasteiger partial charge < -0.3 is 19.4 Å². The van der Waals surface area contributed by atoms with Gasteiger partial charge in [-0.2, -0.15) is 5.26 Å². The fourth-order valence-electron chi connectivity index (χ4n) is 5.60. The molecule has 32 heavy (non-hydrogen) atoms. The first-order valence-electron chi connectivity index (χ1n) is 11.2. The Bertz CT molecular complexity index is 1100. The number of halogens is 1. The summed E-state index contributed by atoms with van der Waals surface area (Å²) >= 11 is 0. The average molecular weight is 435 g/mol. The monoisotopic (exact) mass is 434 g/mol. The van der Waals surface area contributed by atoms with Crippen LogP contribution in [0.4, 0.5) is 15.8 Å². The number of piperidine rings is 1. The van der Waals surface area contributed by atoms with E-state index in [9.17, 15) is 9.18 Å². The normalized spacial score (nSPS) is 24.2. The van der Waals surface area contributed by atoms with Gasteiger partial charge in [-0.05, 0) is 49.6 Å². The van der Waals surface area contributed by atoms with Gasteiger partial charge in [-0.25, -0.2) is 4.39 Å². The number of nitriles is 1. The van der Waals surface area contributed by atoms with Gasteiger partial charge in [0.25, 0.3) is 0 Å². The molecule has 0 aliphatic carbocycles. The van der Waals surface area contributed by atoms with E-state index in [4.69, 9.17) is 10.00 Å². The zero-order valence-corrected chi connectivity index (χ0v) is 18.4. The number of carbonyl (C=O) groups is 1. The van der Waals surface area contributed by atoms with Crippen LogP contribution in [0.2, 0.25) is 0 Å². The lowest BCUT2D eigenvalue weighted by Crippen LogP contribution is -2.55. The molecule has 0 spiro atoms. The lowest BCUT2D eigenvalue weighted by atomic mass is 9.89. The minimum Gasteiger partial charge on any atom is -0.492 e. The molecule has 5 rings (SSSR count). The maximum absolute atomic E-state index is 13.3. The third-order valence-electron chi connectivity index (χ3n) is 7.13. The van der Waals surface area contributed by atoms with Gasteiger partial charge in [0.15, 0.2) is 0 Å².